The van der Waals surface area contributed by atoms with Crippen LogP contribution in [0, 0.1) is 5.92 Å². The van der Waals surface area contributed by atoms with Crippen molar-refractivity contribution in [2.24, 2.45) is 5.92 Å². The Kier molecular flexibility index (Phi) is 13.4. The van der Waals surface area contributed by atoms with Gasteiger partial charge in [-0.15, -0.1) is 0 Å². The number of esters is 2. The third kappa shape index (κ3) is 10.7. The molecule has 0 amide bonds. The summed E-state index contributed by atoms with van der Waals surface area (Å²) in [5.74, 6) is -0.102. The van der Waals surface area contributed by atoms with Crippen LogP contribution in [0.15, 0.2) is 11.8 Å². The van der Waals surface area contributed by atoms with E-state index in [4.69, 9.17) is 9.47 Å². The number of carbonyl (C=O) groups excluding carboxylic acids is 2. The van der Waals surface area contributed by atoms with Gasteiger partial charge in [-0.05, 0) is 58.3 Å². The number of carbonyl (C=O) groups is 2. The van der Waals surface area contributed by atoms with Crippen LogP contribution < -0.4 is 5.32 Å². The molecule has 0 aromatic carbocycles. The molecule has 6 nitrogen and oxygen atoms in total. The van der Waals surface area contributed by atoms with Crippen molar-refractivity contribution in [1.82, 2.24) is 5.32 Å². The fraction of sp³-hybridized carbons (Fsp3) is 0.818. The van der Waals surface area contributed by atoms with E-state index < -0.39 is 0 Å². The lowest BCUT2D eigenvalue weighted by molar-refractivity contribution is -0.143. The van der Waals surface area contributed by atoms with Gasteiger partial charge in [0.25, 0.3) is 0 Å². The lowest BCUT2D eigenvalue weighted by Crippen LogP contribution is -2.29. The van der Waals surface area contributed by atoms with Crippen LogP contribution >= 0.6 is 0 Å². The summed E-state index contributed by atoms with van der Waals surface area (Å²) in [6, 6.07) is 0. The number of ether oxygens (including phenoxy) is 2. The largest absolute Gasteiger partial charge is 0.466 e. The van der Waals surface area contributed by atoms with Crippen molar-refractivity contribution >= 4 is 11.9 Å². The van der Waals surface area contributed by atoms with E-state index in [-0.39, 0.29) is 18.0 Å². The van der Waals surface area contributed by atoms with E-state index in [1.54, 1.807) is 13.8 Å². The maximum atomic E-state index is 12.1. The minimum atomic E-state index is -0.346. The standard InChI is InChI=1S/C22H39NO5/c1-3-27-21(25)15-11-6-5-10-14-19(22(26)28-4-2)23-17-16-20(24)18-12-8-7-9-13-18/h14,18,20,23-24H,3-13,15-17H2,1-2H3. The fourth-order valence-corrected chi connectivity index (χ4v) is 3.62. The van der Waals surface area contributed by atoms with Gasteiger partial charge in [-0.25, -0.2) is 4.79 Å². The highest BCUT2D eigenvalue weighted by Gasteiger charge is 2.21. The van der Waals surface area contributed by atoms with E-state index in [2.05, 4.69) is 5.32 Å². The van der Waals surface area contributed by atoms with Crippen LogP contribution in [-0.4, -0.2) is 42.9 Å². The van der Waals surface area contributed by atoms with Gasteiger partial charge >= 0.3 is 11.9 Å². The summed E-state index contributed by atoms with van der Waals surface area (Å²) in [6.07, 6.45) is 11.9. The molecule has 1 saturated carbocycles. The van der Waals surface area contributed by atoms with Crippen LogP contribution in [0.25, 0.3) is 0 Å². The van der Waals surface area contributed by atoms with E-state index in [1.165, 1.54) is 19.3 Å². The van der Waals surface area contributed by atoms with E-state index in [1.807, 2.05) is 6.08 Å². The lowest BCUT2D eigenvalue weighted by atomic mass is 9.84. The second-order valence-corrected chi connectivity index (χ2v) is 7.42. The zero-order chi connectivity index (χ0) is 20.6. The average Bonchev–Trinajstić information content (AvgIpc) is 2.70. The van der Waals surface area contributed by atoms with Gasteiger partial charge in [0.05, 0.1) is 19.3 Å². The van der Waals surface area contributed by atoms with Gasteiger partial charge in [0, 0.05) is 13.0 Å². The van der Waals surface area contributed by atoms with Gasteiger partial charge in [0.15, 0.2) is 0 Å². The summed E-state index contributed by atoms with van der Waals surface area (Å²) in [7, 11) is 0. The number of hydrogen-bond acceptors (Lipinski definition) is 6. The topological polar surface area (TPSA) is 84.9 Å². The number of hydrogen-bond donors (Lipinski definition) is 2. The van der Waals surface area contributed by atoms with Gasteiger partial charge < -0.3 is 19.9 Å². The minimum absolute atomic E-state index is 0.150. The normalized spacial score (nSPS) is 16.5. The third-order valence-corrected chi connectivity index (χ3v) is 5.18. The Labute approximate surface area is 170 Å². The van der Waals surface area contributed by atoms with Crippen LogP contribution in [0.3, 0.4) is 0 Å². The first-order valence-electron chi connectivity index (χ1n) is 11.0. The number of unbranched alkanes of at least 4 members (excludes halogenated alkanes) is 3. The summed E-state index contributed by atoms with van der Waals surface area (Å²) >= 11 is 0. The van der Waals surface area contributed by atoms with Crippen LogP contribution in [0.2, 0.25) is 0 Å². The number of allylic oxidation sites excluding steroid dienone is 1. The van der Waals surface area contributed by atoms with E-state index in [0.29, 0.717) is 44.2 Å². The number of aliphatic hydroxyl groups is 1. The molecule has 0 aromatic rings. The summed E-state index contributed by atoms with van der Waals surface area (Å²) in [5, 5.41) is 13.5. The van der Waals surface area contributed by atoms with Crippen LogP contribution in [0.1, 0.15) is 84.5 Å². The second-order valence-electron chi connectivity index (χ2n) is 7.42. The molecule has 0 bridgehead atoms. The molecule has 1 aliphatic rings. The molecule has 0 heterocycles. The van der Waals surface area contributed by atoms with Crippen molar-refractivity contribution in [2.75, 3.05) is 19.8 Å². The molecule has 2 N–H and O–H groups in total. The maximum Gasteiger partial charge on any atom is 0.354 e. The highest BCUT2D eigenvalue weighted by Crippen LogP contribution is 2.27. The van der Waals surface area contributed by atoms with Gasteiger partial charge in [-0.1, -0.05) is 31.8 Å². The molecule has 1 aliphatic carbocycles. The molecule has 1 fully saturated rings. The van der Waals surface area contributed by atoms with E-state index >= 15 is 0 Å². The molecule has 162 valence electrons. The van der Waals surface area contributed by atoms with Crippen molar-refractivity contribution in [3.63, 3.8) is 0 Å². The molecule has 0 spiro atoms. The van der Waals surface area contributed by atoms with Gasteiger partial charge in [0.2, 0.25) is 0 Å². The number of rotatable bonds is 14. The van der Waals surface area contributed by atoms with Crippen molar-refractivity contribution in [3.05, 3.63) is 11.8 Å². The molecule has 0 saturated heterocycles. The Hall–Kier alpha value is -1.56. The van der Waals surface area contributed by atoms with Crippen LogP contribution in [0.4, 0.5) is 0 Å². The Morgan fingerprint density at radius 1 is 1.07 bits per heavy atom. The van der Waals surface area contributed by atoms with Gasteiger partial charge in [-0.3, -0.25) is 4.79 Å². The highest BCUT2D eigenvalue weighted by molar-refractivity contribution is 5.87. The summed E-state index contributed by atoms with van der Waals surface area (Å²) < 4.78 is 10.0. The molecule has 6 heteroatoms. The molecular formula is C22H39NO5. The minimum Gasteiger partial charge on any atom is -0.466 e. The average molecular weight is 398 g/mol. The first kappa shape index (κ1) is 24.5. The highest BCUT2D eigenvalue weighted by atomic mass is 16.5. The molecule has 0 aromatic heterocycles. The Morgan fingerprint density at radius 3 is 2.46 bits per heavy atom. The van der Waals surface area contributed by atoms with Crippen molar-refractivity contribution in [3.8, 4) is 0 Å². The van der Waals surface area contributed by atoms with E-state index in [0.717, 1.165) is 38.5 Å². The van der Waals surface area contributed by atoms with Crippen molar-refractivity contribution in [1.29, 1.82) is 0 Å². The zero-order valence-corrected chi connectivity index (χ0v) is 17.7. The molecule has 1 unspecified atom stereocenters. The van der Waals surface area contributed by atoms with E-state index in [9.17, 15) is 14.7 Å². The van der Waals surface area contributed by atoms with Crippen LogP contribution in [0.5, 0.6) is 0 Å². The Morgan fingerprint density at radius 2 is 1.79 bits per heavy atom. The lowest BCUT2D eigenvalue weighted by Gasteiger charge is -2.26. The maximum absolute atomic E-state index is 12.1. The second kappa shape index (κ2) is 15.4. The Balaban J connectivity index is 2.33. The number of nitrogens with one attached hydrogen (secondary N) is 1. The summed E-state index contributed by atoms with van der Waals surface area (Å²) in [6.45, 7) is 4.91. The first-order valence-corrected chi connectivity index (χ1v) is 11.0. The third-order valence-electron chi connectivity index (χ3n) is 5.18. The van der Waals surface area contributed by atoms with Crippen molar-refractivity contribution in [2.45, 2.75) is 90.6 Å². The fourth-order valence-electron chi connectivity index (χ4n) is 3.62. The molecular weight excluding hydrogens is 358 g/mol. The molecule has 0 aliphatic heterocycles. The van der Waals surface area contributed by atoms with Gasteiger partial charge in [-0.2, -0.15) is 0 Å². The first-order chi connectivity index (χ1) is 13.6. The summed E-state index contributed by atoms with van der Waals surface area (Å²) in [5.41, 5.74) is 0.475. The molecule has 28 heavy (non-hydrogen) atoms. The monoisotopic (exact) mass is 397 g/mol. The smallest absolute Gasteiger partial charge is 0.354 e. The molecule has 1 rings (SSSR count). The van der Waals surface area contributed by atoms with Gasteiger partial charge in [0.1, 0.15) is 5.70 Å². The Bertz CT molecular complexity index is 472. The molecule has 1 atom stereocenters. The SMILES string of the molecule is CCOC(=O)CCCCCC=C(NCCC(O)C1CCCCC1)C(=O)OCC. The van der Waals surface area contributed by atoms with Crippen LogP contribution in [-0.2, 0) is 19.1 Å². The predicted molar refractivity (Wildman–Crippen MR) is 110 cm³/mol. The van der Waals surface area contributed by atoms with Crippen molar-refractivity contribution < 1.29 is 24.2 Å². The quantitative estimate of drug-likeness (QED) is 0.263. The summed E-state index contributed by atoms with van der Waals surface area (Å²) in [4.78, 5) is 23.4. The number of aliphatic hydroxyl groups excluding tert-OH is 1. The molecule has 0 radical (unpaired) electrons. The zero-order valence-electron chi connectivity index (χ0n) is 17.7. The predicted octanol–water partition coefficient (Wildman–Crippen LogP) is 3.87.